The summed E-state index contributed by atoms with van der Waals surface area (Å²) in [7, 11) is 0. The summed E-state index contributed by atoms with van der Waals surface area (Å²) in [6.45, 7) is -0.423. The maximum absolute atomic E-state index is 13.5. The molecular formula is C13H9BrFNO4S. The summed E-state index contributed by atoms with van der Waals surface area (Å²) in [6, 6.07) is 5.67. The van der Waals surface area contributed by atoms with Crippen LogP contribution >= 0.6 is 27.3 Å². The number of carboxylic acids is 1. The molecule has 0 fully saturated rings. The molecule has 8 heteroatoms. The third-order valence-corrected chi connectivity index (χ3v) is 3.78. The van der Waals surface area contributed by atoms with Gasteiger partial charge in [-0.1, -0.05) is 15.9 Å². The molecule has 0 aliphatic rings. The fourth-order valence-corrected chi connectivity index (χ4v) is 2.52. The quantitative estimate of drug-likeness (QED) is 0.842. The highest BCUT2D eigenvalue weighted by molar-refractivity contribution is 9.10. The number of carboxylic acid groups (broad SMARTS) is 1. The molecular weight excluding hydrogens is 365 g/mol. The molecule has 0 bridgehead atoms. The normalized spacial score (nSPS) is 10.2. The number of halogens is 2. The predicted molar refractivity (Wildman–Crippen MR) is 79.5 cm³/mol. The number of ether oxygens (including phenoxy) is 1. The van der Waals surface area contributed by atoms with E-state index in [9.17, 15) is 14.0 Å². The molecule has 1 aromatic carbocycles. The number of anilines is 1. The molecule has 2 N–H and O–H groups in total. The number of hydrogen-bond donors (Lipinski definition) is 2. The summed E-state index contributed by atoms with van der Waals surface area (Å²) in [5, 5.41) is 12.9. The van der Waals surface area contributed by atoms with E-state index in [1.165, 1.54) is 18.2 Å². The molecule has 1 aromatic heterocycles. The summed E-state index contributed by atoms with van der Waals surface area (Å²) in [6.07, 6.45) is 0. The highest BCUT2D eigenvalue weighted by Gasteiger charge is 2.14. The van der Waals surface area contributed by atoms with Gasteiger partial charge in [-0.3, -0.25) is 4.79 Å². The molecule has 0 saturated carbocycles. The largest absolute Gasteiger partial charge is 0.481 e. The van der Waals surface area contributed by atoms with E-state index in [-0.39, 0.29) is 16.3 Å². The van der Waals surface area contributed by atoms with Crippen LogP contribution in [0.4, 0.5) is 10.1 Å². The molecule has 0 unspecified atom stereocenters. The lowest BCUT2D eigenvalue weighted by atomic mass is 10.3. The SMILES string of the molecule is O=C(COc1ccc(Br)cc1F)Nc1ccsc1C(=O)O. The van der Waals surface area contributed by atoms with E-state index in [0.717, 1.165) is 11.3 Å². The van der Waals surface area contributed by atoms with Crippen molar-refractivity contribution in [3.8, 4) is 5.75 Å². The summed E-state index contributed by atoms with van der Waals surface area (Å²) in [5.41, 5.74) is 0.192. The van der Waals surface area contributed by atoms with Gasteiger partial charge in [0, 0.05) is 4.47 Å². The fourth-order valence-electron chi connectivity index (χ4n) is 1.50. The zero-order valence-corrected chi connectivity index (χ0v) is 12.8. The van der Waals surface area contributed by atoms with Crippen molar-refractivity contribution in [2.45, 2.75) is 0 Å². The second-order valence-corrected chi connectivity index (χ2v) is 5.71. The Labute approximate surface area is 131 Å². The average molecular weight is 374 g/mol. The Hall–Kier alpha value is -1.93. The van der Waals surface area contributed by atoms with Gasteiger partial charge in [0.2, 0.25) is 0 Å². The van der Waals surface area contributed by atoms with E-state index in [1.807, 2.05) is 0 Å². The first kappa shape index (κ1) is 15.5. The van der Waals surface area contributed by atoms with Gasteiger partial charge >= 0.3 is 5.97 Å². The zero-order valence-electron chi connectivity index (χ0n) is 10.4. The average Bonchev–Trinajstić information content (AvgIpc) is 2.86. The van der Waals surface area contributed by atoms with Crippen molar-refractivity contribution in [2.24, 2.45) is 0 Å². The molecule has 5 nitrogen and oxygen atoms in total. The second kappa shape index (κ2) is 6.68. The van der Waals surface area contributed by atoms with E-state index >= 15 is 0 Å². The van der Waals surface area contributed by atoms with Crippen molar-refractivity contribution in [2.75, 3.05) is 11.9 Å². The molecule has 2 aromatic rings. The maximum Gasteiger partial charge on any atom is 0.348 e. The Morgan fingerprint density at radius 2 is 2.14 bits per heavy atom. The first-order chi connectivity index (χ1) is 9.97. The number of carbonyl (C=O) groups is 2. The monoisotopic (exact) mass is 373 g/mol. The van der Waals surface area contributed by atoms with E-state index in [2.05, 4.69) is 21.2 Å². The molecule has 0 aliphatic carbocycles. The molecule has 0 spiro atoms. The number of nitrogens with one attached hydrogen (secondary N) is 1. The highest BCUT2D eigenvalue weighted by atomic mass is 79.9. The first-order valence-electron chi connectivity index (χ1n) is 5.66. The van der Waals surface area contributed by atoms with Crippen LogP contribution in [0.25, 0.3) is 0 Å². The fraction of sp³-hybridized carbons (Fsp3) is 0.0769. The number of aromatic carboxylic acids is 1. The molecule has 0 aliphatic heterocycles. The minimum atomic E-state index is -1.12. The van der Waals surface area contributed by atoms with Gasteiger partial charge < -0.3 is 15.2 Å². The summed E-state index contributed by atoms with van der Waals surface area (Å²) >= 11 is 4.11. The molecule has 21 heavy (non-hydrogen) atoms. The minimum Gasteiger partial charge on any atom is -0.481 e. The molecule has 110 valence electrons. The molecule has 0 saturated heterocycles. The summed E-state index contributed by atoms with van der Waals surface area (Å²) in [5.74, 6) is -2.35. The van der Waals surface area contributed by atoms with E-state index in [4.69, 9.17) is 9.84 Å². The van der Waals surface area contributed by atoms with Crippen molar-refractivity contribution in [3.05, 3.63) is 44.8 Å². The van der Waals surface area contributed by atoms with Gasteiger partial charge in [-0.25, -0.2) is 9.18 Å². The minimum absolute atomic E-state index is 0.0261. The number of rotatable bonds is 5. The van der Waals surface area contributed by atoms with Crippen LogP contribution in [0.5, 0.6) is 5.75 Å². The maximum atomic E-state index is 13.5. The van der Waals surface area contributed by atoms with Crippen molar-refractivity contribution >= 4 is 44.8 Å². The van der Waals surface area contributed by atoms with Crippen molar-refractivity contribution < 1.29 is 23.8 Å². The molecule has 0 atom stereocenters. The Bertz CT molecular complexity index is 689. The van der Waals surface area contributed by atoms with Gasteiger partial charge in [0.1, 0.15) is 4.88 Å². The zero-order chi connectivity index (χ0) is 15.4. The Kier molecular flexibility index (Phi) is 4.92. The number of hydrogen-bond acceptors (Lipinski definition) is 4. The van der Waals surface area contributed by atoms with Gasteiger partial charge in [-0.15, -0.1) is 11.3 Å². The second-order valence-electron chi connectivity index (χ2n) is 3.88. The molecule has 2 rings (SSSR count). The van der Waals surface area contributed by atoms with Crippen LogP contribution in [0.15, 0.2) is 34.1 Å². The summed E-state index contributed by atoms with van der Waals surface area (Å²) in [4.78, 5) is 22.6. The van der Waals surface area contributed by atoms with Crippen LogP contribution < -0.4 is 10.1 Å². The third-order valence-electron chi connectivity index (χ3n) is 2.39. The number of carbonyl (C=O) groups excluding carboxylic acids is 1. The van der Waals surface area contributed by atoms with E-state index in [1.54, 1.807) is 11.4 Å². The lowest BCUT2D eigenvalue weighted by Crippen LogP contribution is -2.21. The Balaban J connectivity index is 1.96. The smallest absolute Gasteiger partial charge is 0.348 e. The number of benzene rings is 1. The van der Waals surface area contributed by atoms with E-state index in [0.29, 0.717) is 4.47 Å². The lowest BCUT2D eigenvalue weighted by molar-refractivity contribution is -0.118. The van der Waals surface area contributed by atoms with Crippen LogP contribution in [0.2, 0.25) is 0 Å². The highest BCUT2D eigenvalue weighted by Crippen LogP contribution is 2.23. The Morgan fingerprint density at radius 3 is 2.81 bits per heavy atom. The first-order valence-corrected chi connectivity index (χ1v) is 7.33. The topological polar surface area (TPSA) is 75.6 Å². The standard InChI is InChI=1S/C13H9BrFNO4S/c14-7-1-2-10(8(15)5-7)20-6-11(17)16-9-3-4-21-12(9)13(18)19/h1-5H,6H2,(H,16,17)(H,18,19). The molecule has 1 amide bonds. The van der Waals surface area contributed by atoms with Gasteiger partial charge in [-0.2, -0.15) is 0 Å². The number of amides is 1. The lowest BCUT2D eigenvalue weighted by Gasteiger charge is -2.08. The Morgan fingerprint density at radius 1 is 1.38 bits per heavy atom. The van der Waals surface area contributed by atoms with Crippen molar-refractivity contribution in [1.29, 1.82) is 0 Å². The molecule has 1 heterocycles. The van der Waals surface area contributed by atoms with Crippen molar-refractivity contribution in [1.82, 2.24) is 0 Å². The van der Waals surface area contributed by atoms with Gasteiger partial charge in [0.25, 0.3) is 5.91 Å². The van der Waals surface area contributed by atoms with Crippen LogP contribution in [0, 0.1) is 5.82 Å². The van der Waals surface area contributed by atoms with Crippen LogP contribution in [0.1, 0.15) is 9.67 Å². The van der Waals surface area contributed by atoms with Crippen LogP contribution in [0.3, 0.4) is 0 Å². The number of thiophene rings is 1. The summed E-state index contributed by atoms with van der Waals surface area (Å²) < 4.78 is 19.1. The molecule has 0 radical (unpaired) electrons. The van der Waals surface area contributed by atoms with Crippen LogP contribution in [-0.4, -0.2) is 23.6 Å². The van der Waals surface area contributed by atoms with Gasteiger partial charge in [-0.05, 0) is 29.6 Å². The predicted octanol–water partition coefficient (Wildman–Crippen LogP) is 3.37. The van der Waals surface area contributed by atoms with Gasteiger partial charge in [0.15, 0.2) is 18.2 Å². The van der Waals surface area contributed by atoms with Crippen LogP contribution in [-0.2, 0) is 4.79 Å². The van der Waals surface area contributed by atoms with Gasteiger partial charge in [0.05, 0.1) is 5.69 Å². The van der Waals surface area contributed by atoms with E-state index < -0.39 is 24.3 Å². The van der Waals surface area contributed by atoms with Crippen molar-refractivity contribution in [3.63, 3.8) is 0 Å². The third kappa shape index (κ3) is 4.02.